The van der Waals surface area contributed by atoms with Crippen molar-refractivity contribution in [2.45, 2.75) is 6.42 Å². The monoisotopic (exact) mass is 256 g/mol. The third-order valence-corrected chi connectivity index (χ3v) is 2.74. The zero-order chi connectivity index (χ0) is 13.1. The number of benzene rings is 1. The lowest BCUT2D eigenvalue weighted by Crippen LogP contribution is -2.14. The summed E-state index contributed by atoms with van der Waals surface area (Å²) in [5.41, 5.74) is 1.57. The summed E-state index contributed by atoms with van der Waals surface area (Å²) in [6.07, 6.45) is 3.65. The van der Waals surface area contributed by atoms with Crippen LogP contribution in [0.15, 0.2) is 42.7 Å². The molecule has 5 heteroatoms. The SMILES string of the molecule is O=C(Cc1cccnc1)Nc1ccc2c(c1)OCO2. The van der Waals surface area contributed by atoms with Gasteiger partial charge in [-0.1, -0.05) is 6.07 Å². The molecule has 1 amide bonds. The Kier molecular flexibility index (Phi) is 3.02. The number of anilines is 1. The van der Waals surface area contributed by atoms with Crippen LogP contribution in [0, 0.1) is 0 Å². The second-order valence-corrected chi connectivity index (χ2v) is 4.15. The molecule has 5 nitrogen and oxygen atoms in total. The first kappa shape index (κ1) is 11.5. The zero-order valence-corrected chi connectivity index (χ0v) is 10.1. The second-order valence-electron chi connectivity index (χ2n) is 4.15. The van der Waals surface area contributed by atoms with E-state index >= 15 is 0 Å². The Morgan fingerprint density at radius 2 is 2.16 bits per heavy atom. The molecular formula is C14H12N2O3. The molecular weight excluding hydrogens is 244 g/mol. The fourth-order valence-electron chi connectivity index (χ4n) is 1.87. The molecule has 0 saturated carbocycles. The number of nitrogens with one attached hydrogen (secondary N) is 1. The van der Waals surface area contributed by atoms with Gasteiger partial charge in [0, 0.05) is 24.1 Å². The van der Waals surface area contributed by atoms with E-state index in [2.05, 4.69) is 10.3 Å². The van der Waals surface area contributed by atoms with Crippen molar-refractivity contribution < 1.29 is 14.3 Å². The second kappa shape index (κ2) is 4.97. The summed E-state index contributed by atoms with van der Waals surface area (Å²) < 4.78 is 10.5. The van der Waals surface area contributed by atoms with Crippen LogP contribution < -0.4 is 14.8 Å². The molecule has 3 rings (SSSR count). The van der Waals surface area contributed by atoms with Crippen molar-refractivity contribution in [1.82, 2.24) is 4.98 Å². The summed E-state index contributed by atoms with van der Waals surface area (Å²) >= 11 is 0. The molecule has 1 aromatic carbocycles. The number of rotatable bonds is 3. The quantitative estimate of drug-likeness (QED) is 0.912. The number of hydrogen-bond acceptors (Lipinski definition) is 4. The highest BCUT2D eigenvalue weighted by atomic mass is 16.7. The van der Waals surface area contributed by atoms with Crippen molar-refractivity contribution in [2.24, 2.45) is 0 Å². The van der Waals surface area contributed by atoms with E-state index in [0.717, 1.165) is 5.56 Å². The van der Waals surface area contributed by atoms with E-state index in [0.29, 0.717) is 23.6 Å². The normalized spacial score (nSPS) is 12.2. The largest absolute Gasteiger partial charge is 0.454 e. The first-order valence-corrected chi connectivity index (χ1v) is 5.90. The molecule has 1 aliphatic rings. The molecule has 0 fully saturated rings. The van der Waals surface area contributed by atoms with Gasteiger partial charge in [-0.25, -0.2) is 0 Å². The van der Waals surface area contributed by atoms with Crippen LogP contribution in [0.2, 0.25) is 0 Å². The van der Waals surface area contributed by atoms with E-state index in [1.54, 1.807) is 30.6 Å². The van der Waals surface area contributed by atoms with Crippen molar-refractivity contribution in [3.8, 4) is 11.5 Å². The molecule has 96 valence electrons. The fraction of sp³-hybridized carbons (Fsp3) is 0.143. The molecule has 0 saturated heterocycles. The van der Waals surface area contributed by atoms with Crippen LogP contribution in [0.1, 0.15) is 5.56 Å². The number of hydrogen-bond donors (Lipinski definition) is 1. The van der Waals surface area contributed by atoms with E-state index in [1.807, 2.05) is 12.1 Å². The third-order valence-electron chi connectivity index (χ3n) is 2.74. The Labute approximate surface area is 110 Å². The minimum atomic E-state index is -0.0909. The molecule has 19 heavy (non-hydrogen) atoms. The lowest BCUT2D eigenvalue weighted by molar-refractivity contribution is -0.115. The number of carbonyl (C=O) groups excluding carboxylic acids is 1. The summed E-state index contributed by atoms with van der Waals surface area (Å²) in [5.74, 6) is 1.26. The number of ether oxygens (including phenoxy) is 2. The highest BCUT2D eigenvalue weighted by Crippen LogP contribution is 2.34. The van der Waals surface area contributed by atoms with E-state index < -0.39 is 0 Å². The van der Waals surface area contributed by atoms with Crippen molar-refractivity contribution in [2.75, 3.05) is 12.1 Å². The van der Waals surface area contributed by atoms with Crippen LogP contribution in [-0.2, 0) is 11.2 Å². The minimum absolute atomic E-state index is 0.0909. The molecule has 1 aromatic heterocycles. The maximum Gasteiger partial charge on any atom is 0.231 e. The van der Waals surface area contributed by atoms with Crippen LogP contribution in [0.25, 0.3) is 0 Å². The molecule has 2 heterocycles. The molecule has 0 spiro atoms. The highest BCUT2D eigenvalue weighted by Gasteiger charge is 2.14. The smallest absolute Gasteiger partial charge is 0.231 e. The first-order valence-electron chi connectivity index (χ1n) is 5.90. The molecule has 1 aliphatic heterocycles. The van der Waals surface area contributed by atoms with Crippen molar-refractivity contribution >= 4 is 11.6 Å². The highest BCUT2D eigenvalue weighted by molar-refractivity contribution is 5.92. The number of aromatic nitrogens is 1. The summed E-state index contributed by atoms with van der Waals surface area (Å²) in [4.78, 5) is 15.8. The summed E-state index contributed by atoms with van der Waals surface area (Å²) in [7, 11) is 0. The summed E-state index contributed by atoms with van der Waals surface area (Å²) in [6, 6.07) is 9.00. The van der Waals surface area contributed by atoms with E-state index in [1.165, 1.54) is 0 Å². The van der Waals surface area contributed by atoms with Gasteiger partial charge in [0.15, 0.2) is 11.5 Å². The van der Waals surface area contributed by atoms with Crippen LogP contribution >= 0.6 is 0 Å². The van der Waals surface area contributed by atoms with Crippen LogP contribution in [0.3, 0.4) is 0 Å². The van der Waals surface area contributed by atoms with Crippen molar-refractivity contribution in [3.05, 3.63) is 48.3 Å². The lowest BCUT2D eigenvalue weighted by Gasteiger charge is -2.06. The van der Waals surface area contributed by atoms with Crippen molar-refractivity contribution in [3.63, 3.8) is 0 Å². The molecule has 2 aromatic rings. The Bertz CT molecular complexity index is 599. The van der Waals surface area contributed by atoms with Gasteiger partial charge in [0.25, 0.3) is 0 Å². The Morgan fingerprint density at radius 1 is 1.26 bits per heavy atom. The Balaban J connectivity index is 1.66. The number of amides is 1. The molecule has 0 aliphatic carbocycles. The number of fused-ring (bicyclic) bond motifs is 1. The average molecular weight is 256 g/mol. The van der Waals surface area contributed by atoms with Gasteiger partial charge in [0.1, 0.15) is 0 Å². The number of carbonyl (C=O) groups is 1. The van der Waals surface area contributed by atoms with Gasteiger partial charge in [-0.3, -0.25) is 9.78 Å². The van der Waals surface area contributed by atoms with Crippen LogP contribution in [0.4, 0.5) is 5.69 Å². The van der Waals surface area contributed by atoms with Gasteiger partial charge in [-0.2, -0.15) is 0 Å². The van der Waals surface area contributed by atoms with Gasteiger partial charge < -0.3 is 14.8 Å². The standard InChI is InChI=1S/C14H12N2O3/c17-14(6-10-2-1-5-15-8-10)16-11-3-4-12-13(7-11)19-9-18-12/h1-5,7-8H,6,9H2,(H,16,17). The maximum absolute atomic E-state index is 11.9. The van der Waals surface area contributed by atoms with Crippen LogP contribution in [0.5, 0.6) is 11.5 Å². The van der Waals surface area contributed by atoms with Gasteiger partial charge >= 0.3 is 0 Å². The predicted molar refractivity (Wildman–Crippen MR) is 69.1 cm³/mol. The topological polar surface area (TPSA) is 60.5 Å². The zero-order valence-electron chi connectivity index (χ0n) is 10.1. The van der Waals surface area contributed by atoms with Crippen molar-refractivity contribution in [1.29, 1.82) is 0 Å². The Morgan fingerprint density at radius 3 is 3.00 bits per heavy atom. The van der Waals surface area contributed by atoms with E-state index in [9.17, 15) is 4.79 Å². The average Bonchev–Trinajstić information content (AvgIpc) is 2.87. The number of nitrogens with zero attached hydrogens (tertiary/aromatic N) is 1. The van der Waals surface area contributed by atoms with Crippen LogP contribution in [-0.4, -0.2) is 17.7 Å². The minimum Gasteiger partial charge on any atom is -0.454 e. The first-order chi connectivity index (χ1) is 9.31. The van der Waals surface area contributed by atoms with E-state index in [-0.39, 0.29) is 12.7 Å². The fourth-order valence-corrected chi connectivity index (χ4v) is 1.87. The van der Waals surface area contributed by atoms with E-state index in [4.69, 9.17) is 9.47 Å². The molecule has 0 radical (unpaired) electrons. The molecule has 0 bridgehead atoms. The summed E-state index contributed by atoms with van der Waals surface area (Å²) in [5, 5.41) is 2.82. The van der Waals surface area contributed by atoms with Gasteiger partial charge in [0.05, 0.1) is 6.42 Å². The lowest BCUT2D eigenvalue weighted by atomic mass is 10.2. The van der Waals surface area contributed by atoms with Gasteiger partial charge in [-0.15, -0.1) is 0 Å². The number of pyridine rings is 1. The molecule has 0 unspecified atom stereocenters. The van der Waals surface area contributed by atoms with Gasteiger partial charge in [-0.05, 0) is 23.8 Å². The molecule has 1 N–H and O–H groups in total. The Hall–Kier alpha value is -2.56. The summed E-state index contributed by atoms with van der Waals surface area (Å²) in [6.45, 7) is 0.225. The maximum atomic E-state index is 11.9. The predicted octanol–water partition coefficient (Wildman–Crippen LogP) is 1.99. The third kappa shape index (κ3) is 2.65. The van der Waals surface area contributed by atoms with Gasteiger partial charge in [0.2, 0.25) is 12.7 Å². The molecule has 0 atom stereocenters.